The first-order chi connectivity index (χ1) is 7.99. The summed E-state index contributed by atoms with van der Waals surface area (Å²) in [6, 6.07) is 9.33. The standard InChI is InChI=1S/C15H23NS/c1-6-13-9-7-8-10-14(13)15(17)16(11(2)3)12(4)5/h7-12H,6H2,1-5H3. The molecule has 0 unspecified atom stereocenters. The number of aryl methyl sites for hydroxylation is 1. The molecule has 2 heteroatoms. The van der Waals surface area contributed by atoms with Gasteiger partial charge in [0.15, 0.2) is 0 Å². The maximum atomic E-state index is 5.67. The van der Waals surface area contributed by atoms with E-state index in [1.165, 1.54) is 11.1 Å². The molecule has 0 spiro atoms. The molecule has 0 bridgehead atoms. The highest BCUT2D eigenvalue weighted by atomic mass is 32.1. The van der Waals surface area contributed by atoms with E-state index in [2.05, 4.69) is 63.8 Å². The third kappa shape index (κ3) is 3.29. The van der Waals surface area contributed by atoms with Crippen LogP contribution < -0.4 is 0 Å². The molecule has 0 saturated heterocycles. The number of nitrogens with zero attached hydrogens (tertiary/aromatic N) is 1. The van der Waals surface area contributed by atoms with Crippen molar-refractivity contribution in [3.8, 4) is 0 Å². The summed E-state index contributed by atoms with van der Waals surface area (Å²) < 4.78 is 0. The predicted octanol–water partition coefficient (Wildman–Crippen LogP) is 4.04. The van der Waals surface area contributed by atoms with Gasteiger partial charge in [-0.15, -0.1) is 0 Å². The van der Waals surface area contributed by atoms with Gasteiger partial charge < -0.3 is 4.90 Å². The average Bonchev–Trinajstić information content (AvgIpc) is 2.27. The normalized spacial score (nSPS) is 11.0. The van der Waals surface area contributed by atoms with E-state index < -0.39 is 0 Å². The lowest BCUT2D eigenvalue weighted by Gasteiger charge is -2.34. The fourth-order valence-electron chi connectivity index (χ4n) is 2.24. The van der Waals surface area contributed by atoms with Crippen molar-refractivity contribution >= 4 is 17.2 Å². The summed E-state index contributed by atoms with van der Waals surface area (Å²) in [4.78, 5) is 3.29. The minimum atomic E-state index is 0.437. The van der Waals surface area contributed by atoms with Gasteiger partial charge in [0.1, 0.15) is 4.99 Å². The summed E-state index contributed by atoms with van der Waals surface area (Å²) >= 11 is 5.67. The van der Waals surface area contributed by atoms with E-state index in [0.717, 1.165) is 11.4 Å². The van der Waals surface area contributed by atoms with Crippen molar-refractivity contribution in [3.05, 3.63) is 35.4 Å². The van der Waals surface area contributed by atoms with Gasteiger partial charge in [0.05, 0.1) is 0 Å². The summed E-state index contributed by atoms with van der Waals surface area (Å²) in [5.41, 5.74) is 2.55. The zero-order valence-corrected chi connectivity index (χ0v) is 12.3. The van der Waals surface area contributed by atoms with Crippen molar-refractivity contribution < 1.29 is 0 Å². The Kier molecular flexibility index (Phi) is 5.13. The molecule has 0 saturated carbocycles. The second kappa shape index (κ2) is 6.15. The highest BCUT2D eigenvalue weighted by Gasteiger charge is 2.19. The van der Waals surface area contributed by atoms with Crippen molar-refractivity contribution in [2.24, 2.45) is 0 Å². The molecule has 0 N–H and O–H groups in total. The van der Waals surface area contributed by atoms with Gasteiger partial charge in [0.2, 0.25) is 0 Å². The minimum Gasteiger partial charge on any atom is -0.357 e. The van der Waals surface area contributed by atoms with Gasteiger partial charge in [-0.3, -0.25) is 0 Å². The molecule has 1 nitrogen and oxygen atoms in total. The maximum Gasteiger partial charge on any atom is 0.109 e. The lowest BCUT2D eigenvalue weighted by Crippen LogP contribution is -2.41. The molecule has 0 amide bonds. The predicted molar refractivity (Wildman–Crippen MR) is 79.6 cm³/mol. The van der Waals surface area contributed by atoms with Crippen LogP contribution in [0.15, 0.2) is 24.3 Å². The summed E-state index contributed by atoms with van der Waals surface area (Å²) in [7, 11) is 0. The van der Waals surface area contributed by atoms with E-state index in [1.54, 1.807) is 0 Å². The van der Waals surface area contributed by atoms with Gasteiger partial charge in [0, 0.05) is 17.6 Å². The van der Waals surface area contributed by atoms with Crippen molar-refractivity contribution in [1.29, 1.82) is 0 Å². The zero-order chi connectivity index (χ0) is 13.0. The largest absolute Gasteiger partial charge is 0.357 e. The molecule has 1 aromatic rings. The fraction of sp³-hybridized carbons (Fsp3) is 0.533. The third-order valence-electron chi connectivity index (χ3n) is 2.98. The van der Waals surface area contributed by atoms with Crippen molar-refractivity contribution in [2.75, 3.05) is 0 Å². The molecule has 0 fully saturated rings. The molecular weight excluding hydrogens is 226 g/mol. The van der Waals surface area contributed by atoms with Crippen LogP contribution in [0.25, 0.3) is 0 Å². The van der Waals surface area contributed by atoms with Gasteiger partial charge in [-0.1, -0.05) is 43.4 Å². The van der Waals surface area contributed by atoms with Crippen LogP contribution in [-0.2, 0) is 6.42 Å². The molecule has 0 aromatic heterocycles. The lowest BCUT2D eigenvalue weighted by atomic mass is 10.0. The highest BCUT2D eigenvalue weighted by Crippen LogP contribution is 2.17. The van der Waals surface area contributed by atoms with Crippen molar-refractivity contribution in [1.82, 2.24) is 4.90 Å². The highest BCUT2D eigenvalue weighted by molar-refractivity contribution is 7.80. The first kappa shape index (κ1) is 14.2. The maximum absolute atomic E-state index is 5.67. The van der Waals surface area contributed by atoms with E-state index in [0.29, 0.717) is 12.1 Å². The number of hydrogen-bond donors (Lipinski definition) is 0. The number of benzene rings is 1. The molecule has 0 heterocycles. The Morgan fingerprint density at radius 1 is 1.12 bits per heavy atom. The first-order valence-electron chi connectivity index (χ1n) is 6.39. The molecule has 1 rings (SSSR count). The van der Waals surface area contributed by atoms with Crippen LogP contribution in [-0.4, -0.2) is 22.0 Å². The molecule has 17 heavy (non-hydrogen) atoms. The van der Waals surface area contributed by atoms with Gasteiger partial charge in [-0.2, -0.15) is 0 Å². The van der Waals surface area contributed by atoms with E-state index in [-0.39, 0.29) is 0 Å². The average molecular weight is 249 g/mol. The molecular formula is C15H23NS. The molecule has 0 atom stereocenters. The van der Waals surface area contributed by atoms with Crippen LogP contribution in [0.2, 0.25) is 0 Å². The Hall–Kier alpha value is -0.890. The van der Waals surface area contributed by atoms with Gasteiger partial charge >= 0.3 is 0 Å². The van der Waals surface area contributed by atoms with E-state index >= 15 is 0 Å². The number of rotatable bonds is 4. The first-order valence-corrected chi connectivity index (χ1v) is 6.80. The second-order valence-electron chi connectivity index (χ2n) is 4.91. The fourth-order valence-corrected chi connectivity index (χ4v) is 2.86. The summed E-state index contributed by atoms with van der Waals surface area (Å²) in [5.74, 6) is 0. The summed E-state index contributed by atoms with van der Waals surface area (Å²) in [5, 5.41) is 0. The molecule has 94 valence electrons. The van der Waals surface area contributed by atoms with Crippen LogP contribution >= 0.6 is 12.2 Å². The Morgan fingerprint density at radius 3 is 2.12 bits per heavy atom. The van der Waals surface area contributed by atoms with Crippen LogP contribution in [0.1, 0.15) is 45.7 Å². The Labute approximate surface area is 111 Å². The molecule has 1 aromatic carbocycles. The van der Waals surface area contributed by atoms with Gasteiger partial charge in [-0.25, -0.2) is 0 Å². The van der Waals surface area contributed by atoms with Crippen LogP contribution in [0.3, 0.4) is 0 Å². The summed E-state index contributed by atoms with van der Waals surface area (Å²) in [6.07, 6.45) is 1.03. The third-order valence-corrected chi connectivity index (χ3v) is 3.41. The lowest BCUT2D eigenvalue weighted by molar-refractivity contribution is 0.298. The van der Waals surface area contributed by atoms with E-state index in [9.17, 15) is 0 Å². The summed E-state index contributed by atoms with van der Waals surface area (Å²) in [6.45, 7) is 11.0. The topological polar surface area (TPSA) is 3.24 Å². The monoisotopic (exact) mass is 249 g/mol. The minimum absolute atomic E-state index is 0.437. The molecule has 0 radical (unpaired) electrons. The SMILES string of the molecule is CCc1ccccc1C(=S)N(C(C)C)C(C)C. The second-order valence-corrected chi connectivity index (χ2v) is 5.30. The van der Waals surface area contributed by atoms with E-state index in [1.807, 2.05) is 0 Å². The molecule has 0 aliphatic heterocycles. The smallest absolute Gasteiger partial charge is 0.109 e. The van der Waals surface area contributed by atoms with Crippen molar-refractivity contribution in [3.63, 3.8) is 0 Å². The molecule has 0 aliphatic rings. The van der Waals surface area contributed by atoms with E-state index in [4.69, 9.17) is 12.2 Å². The zero-order valence-electron chi connectivity index (χ0n) is 11.5. The van der Waals surface area contributed by atoms with Crippen LogP contribution in [0, 0.1) is 0 Å². The van der Waals surface area contributed by atoms with Crippen LogP contribution in [0.4, 0.5) is 0 Å². The van der Waals surface area contributed by atoms with Gasteiger partial charge in [-0.05, 0) is 39.7 Å². The van der Waals surface area contributed by atoms with Crippen LogP contribution in [0.5, 0.6) is 0 Å². The van der Waals surface area contributed by atoms with Gasteiger partial charge in [0.25, 0.3) is 0 Å². The number of hydrogen-bond acceptors (Lipinski definition) is 1. The Bertz CT molecular complexity index is 374. The number of thiocarbonyl (C=S) groups is 1. The Balaban J connectivity index is 3.09. The Morgan fingerprint density at radius 2 is 1.65 bits per heavy atom. The quantitative estimate of drug-likeness (QED) is 0.741. The molecule has 0 aliphatic carbocycles. The van der Waals surface area contributed by atoms with Crippen molar-refractivity contribution in [2.45, 2.75) is 53.1 Å².